The van der Waals surface area contributed by atoms with Crippen LogP contribution in [-0.2, 0) is 6.61 Å². The standard InChI is InChI=1S/C20H24FNO/c1-6-14-18(15-9-7-8-10-17(15)21)16(11-23)20(13(4)5)22-19(14)12(2)3/h6-10,12-13,23H,1,11H2,2-5H3. The van der Waals surface area contributed by atoms with E-state index in [1.807, 2.05) is 13.8 Å². The highest BCUT2D eigenvalue weighted by Crippen LogP contribution is 2.37. The van der Waals surface area contributed by atoms with Gasteiger partial charge in [0.05, 0.1) is 12.3 Å². The summed E-state index contributed by atoms with van der Waals surface area (Å²) in [5.74, 6) is 0.0127. The second-order valence-electron chi connectivity index (χ2n) is 6.30. The van der Waals surface area contributed by atoms with Gasteiger partial charge >= 0.3 is 0 Å². The maximum Gasteiger partial charge on any atom is 0.131 e. The highest BCUT2D eigenvalue weighted by Gasteiger charge is 2.23. The van der Waals surface area contributed by atoms with Crippen LogP contribution in [0.25, 0.3) is 17.2 Å². The van der Waals surface area contributed by atoms with E-state index in [1.54, 1.807) is 24.3 Å². The second kappa shape index (κ2) is 7.05. The minimum absolute atomic E-state index is 0.138. The lowest BCUT2D eigenvalue weighted by Gasteiger charge is -2.22. The topological polar surface area (TPSA) is 33.1 Å². The van der Waals surface area contributed by atoms with E-state index in [2.05, 4.69) is 20.4 Å². The fourth-order valence-electron chi connectivity index (χ4n) is 2.93. The molecule has 0 radical (unpaired) electrons. The Morgan fingerprint density at radius 2 is 1.74 bits per heavy atom. The van der Waals surface area contributed by atoms with Gasteiger partial charge in [-0.3, -0.25) is 4.98 Å². The number of rotatable bonds is 5. The molecule has 23 heavy (non-hydrogen) atoms. The van der Waals surface area contributed by atoms with E-state index in [1.165, 1.54) is 6.07 Å². The molecule has 1 aromatic carbocycles. The van der Waals surface area contributed by atoms with Crippen molar-refractivity contribution in [1.82, 2.24) is 4.98 Å². The molecule has 0 aliphatic rings. The number of hydrogen-bond donors (Lipinski definition) is 1. The maximum atomic E-state index is 14.4. The normalized spacial score (nSPS) is 11.3. The Morgan fingerprint density at radius 3 is 2.22 bits per heavy atom. The van der Waals surface area contributed by atoms with Gasteiger partial charge in [0, 0.05) is 27.9 Å². The molecule has 1 N–H and O–H groups in total. The van der Waals surface area contributed by atoms with E-state index in [9.17, 15) is 9.50 Å². The third-order valence-electron chi connectivity index (χ3n) is 4.00. The highest BCUT2D eigenvalue weighted by atomic mass is 19.1. The molecule has 0 amide bonds. The van der Waals surface area contributed by atoms with Gasteiger partial charge in [-0.15, -0.1) is 0 Å². The summed E-state index contributed by atoms with van der Waals surface area (Å²) >= 11 is 0. The molecule has 0 aliphatic carbocycles. The molecule has 0 fully saturated rings. The predicted molar refractivity (Wildman–Crippen MR) is 93.8 cm³/mol. The van der Waals surface area contributed by atoms with Gasteiger partial charge in [0.25, 0.3) is 0 Å². The summed E-state index contributed by atoms with van der Waals surface area (Å²) in [7, 11) is 0. The van der Waals surface area contributed by atoms with Gasteiger partial charge in [0.15, 0.2) is 0 Å². The van der Waals surface area contributed by atoms with Crippen LogP contribution in [0.4, 0.5) is 4.39 Å². The number of nitrogens with zero attached hydrogens (tertiary/aromatic N) is 1. The van der Waals surface area contributed by atoms with E-state index in [4.69, 9.17) is 4.98 Å². The Kier molecular flexibility index (Phi) is 5.32. The smallest absolute Gasteiger partial charge is 0.131 e. The Hall–Kier alpha value is -2.00. The number of aliphatic hydroxyl groups is 1. The van der Waals surface area contributed by atoms with Crippen LogP contribution in [0.2, 0.25) is 0 Å². The number of hydrogen-bond acceptors (Lipinski definition) is 2. The molecule has 3 heteroatoms. The molecular formula is C20H24FNO. The molecule has 2 rings (SSSR count). The van der Waals surface area contributed by atoms with Crippen LogP contribution < -0.4 is 0 Å². The average Bonchev–Trinajstić information content (AvgIpc) is 2.52. The first-order valence-electron chi connectivity index (χ1n) is 7.97. The number of aromatic nitrogens is 1. The van der Waals surface area contributed by atoms with Crippen molar-refractivity contribution in [2.24, 2.45) is 0 Å². The van der Waals surface area contributed by atoms with Gasteiger partial charge < -0.3 is 5.11 Å². The summed E-state index contributed by atoms with van der Waals surface area (Å²) in [6, 6.07) is 6.65. The van der Waals surface area contributed by atoms with Crippen molar-refractivity contribution >= 4 is 6.08 Å². The van der Waals surface area contributed by atoms with Crippen LogP contribution in [0.1, 0.15) is 62.0 Å². The van der Waals surface area contributed by atoms with Crippen molar-refractivity contribution in [3.63, 3.8) is 0 Å². The Balaban J connectivity index is 2.96. The molecule has 2 aromatic rings. The molecule has 122 valence electrons. The summed E-state index contributed by atoms with van der Waals surface area (Å²) < 4.78 is 14.4. The first-order chi connectivity index (χ1) is 10.9. The second-order valence-corrected chi connectivity index (χ2v) is 6.30. The fraction of sp³-hybridized carbons (Fsp3) is 0.350. The quantitative estimate of drug-likeness (QED) is 0.815. The Morgan fingerprint density at radius 1 is 1.13 bits per heavy atom. The van der Waals surface area contributed by atoms with E-state index in [-0.39, 0.29) is 24.3 Å². The van der Waals surface area contributed by atoms with E-state index >= 15 is 0 Å². The molecule has 1 heterocycles. The maximum absolute atomic E-state index is 14.4. The third-order valence-corrected chi connectivity index (χ3v) is 4.00. The first kappa shape index (κ1) is 17.4. The molecule has 0 atom stereocenters. The SMILES string of the molecule is C=Cc1c(C(C)C)nc(C(C)C)c(CO)c1-c1ccccc1F. The predicted octanol–water partition coefficient (Wildman–Crippen LogP) is 5.27. The van der Waals surface area contributed by atoms with Crippen molar-refractivity contribution in [3.05, 3.63) is 59.2 Å². The fourth-order valence-corrected chi connectivity index (χ4v) is 2.93. The largest absolute Gasteiger partial charge is 0.392 e. The van der Waals surface area contributed by atoms with Crippen LogP contribution in [-0.4, -0.2) is 10.1 Å². The lowest BCUT2D eigenvalue weighted by Crippen LogP contribution is -2.10. The van der Waals surface area contributed by atoms with Gasteiger partial charge in [0.1, 0.15) is 5.82 Å². The van der Waals surface area contributed by atoms with Crippen LogP contribution in [0.3, 0.4) is 0 Å². The molecule has 0 aliphatic heterocycles. The summed E-state index contributed by atoms with van der Waals surface area (Å²) in [5.41, 5.74) is 4.39. The van der Waals surface area contributed by atoms with Gasteiger partial charge in [0.2, 0.25) is 0 Å². The molecule has 0 unspecified atom stereocenters. The Labute approximate surface area is 137 Å². The van der Waals surface area contributed by atoms with Gasteiger partial charge in [-0.25, -0.2) is 4.39 Å². The molecule has 0 saturated heterocycles. The lowest BCUT2D eigenvalue weighted by molar-refractivity contribution is 0.280. The van der Waals surface area contributed by atoms with E-state index < -0.39 is 0 Å². The van der Waals surface area contributed by atoms with Crippen molar-refractivity contribution < 1.29 is 9.50 Å². The minimum Gasteiger partial charge on any atom is -0.392 e. The molecule has 0 saturated carbocycles. The summed E-state index contributed by atoms with van der Waals surface area (Å²) in [5, 5.41) is 9.95. The molecule has 0 spiro atoms. The average molecular weight is 313 g/mol. The molecule has 0 bridgehead atoms. The number of pyridine rings is 1. The van der Waals surface area contributed by atoms with Crippen LogP contribution in [0, 0.1) is 5.82 Å². The zero-order chi connectivity index (χ0) is 17.1. The van der Waals surface area contributed by atoms with E-state index in [0.29, 0.717) is 16.7 Å². The zero-order valence-corrected chi connectivity index (χ0v) is 14.2. The van der Waals surface area contributed by atoms with Crippen LogP contribution in [0.15, 0.2) is 30.8 Å². The van der Waals surface area contributed by atoms with Crippen molar-refractivity contribution in [3.8, 4) is 11.1 Å². The molecular weight excluding hydrogens is 289 g/mol. The van der Waals surface area contributed by atoms with Crippen molar-refractivity contribution in [2.75, 3.05) is 0 Å². The lowest BCUT2D eigenvalue weighted by atomic mass is 9.87. The summed E-state index contributed by atoms with van der Waals surface area (Å²) in [4.78, 5) is 4.78. The number of halogens is 1. The third kappa shape index (κ3) is 3.20. The highest BCUT2D eigenvalue weighted by molar-refractivity contribution is 5.80. The van der Waals surface area contributed by atoms with Crippen molar-refractivity contribution in [2.45, 2.75) is 46.1 Å². The van der Waals surface area contributed by atoms with Gasteiger partial charge in [-0.1, -0.05) is 58.5 Å². The van der Waals surface area contributed by atoms with Crippen LogP contribution >= 0.6 is 0 Å². The monoisotopic (exact) mass is 313 g/mol. The van der Waals surface area contributed by atoms with Gasteiger partial charge in [-0.05, 0) is 17.9 Å². The van der Waals surface area contributed by atoms with Crippen LogP contribution in [0.5, 0.6) is 0 Å². The zero-order valence-electron chi connectivity index (χ0n) is 14.2. The minimum atomic E-state index is -0.305. The summed E-state index contributed by atoms with van der Waals surface area (Å²) in [6.07, 6.45) is 1.72. The first-order valence-corrected chi connectivity index (χ1v) is 7.97. The molecule has 2 nitrogen and oxygen atoms in total. The van der Waals surface area contributed by atoms with Gasteiger partial charge in [-0.2, -0.15) is 0 Å². The van der Waals surface area contributed by atoms with Crippen molar-refractivity contribution in [1.29, 1.82) is 0 Å². The van der Waals surface area contributed by atoms with E-state index in [0.717, 1.165) is 17.0 Å². The Bertz CT molecular complexity index is 720. The number of aliphatic hydroxyl groups excluding tert-OH is 1. The number of benzene rings is 1. The summed E-state index contributed by atoms with van der Waals surface area (Å²) in [6.45, 7) is 11.9. The molecule has 1 aromatic heterocycles.